The lowest BCUT2D eigenvalue weighted by Crippen LogP contribution is -2.28. The molecule has 1 aromatic rings. The van der Waals surface area contributed by atoms with E-state index in [1.807, 2.05) is 35.2 Å². The fourth-order valence-corrected chi connectivity index (χ4v) is 2.36. The van der Waals surface area contributed by atoms with Crippen LogP contribution in [0.5, 0.6) is 0 Å². The van der Waals surface area contributed by atoms with Crippen LogP contribution in [0.2, 0.25) is 0 Å². The summed E-state index contributed by atoms with van der Waals surface area (Å²) in [5.74, 6) is -3.69. The summed E-state index contributed by atoms with van der Waals surface area (Å²) in [4.78, 5) is 23.9. The van der Waals surface area contributed by atoms with E-state index >= 15 is 0 Å². The molecule has 96 valence electrons. The molecule has 0 bridgehead atoms. The molecule has 0 radical (unpaired) electrons. The molecule has 2 unspecified atom stereocenters. The zero-order chi connectivity index (χ0) is 13.1. The van der Waals surface area contributed by atoms with Crippen LogP contribution in [0.4, 0.5) is 0 Å². The smallest absolute Gasteiger partial charge is 0.308 e. The van der Waals surface area contributed by atoms with E-state index in [0.29, 0.717) is 19.6 Å². The SMILES string of the molecule is O=C(O)C1CN(Cc2ccccc2)CC1C(=O)O. The van der Waals surface area contributed by atoms with E-state index in [1.165, 1.54) is 0 Å². The number of carboxylic acid groups (broad SMARTS) is 2. The van der Waals surface area contributed by atoms with Crippen LogP contribution < -0.4 is 0 Å². The maximum atomic E-state index is 11.0. The Hall–Kier alpha value is -1.88. The van der Waals surface area contributed by atoms with Crippen molar-refractivity contribution >= 4 is 11.9 Å². The summed E-state index contributed by atoms with van der Waals surface area (Å²) in [6, 6.07) is 9.63. The molecule has 1 aliphatic heterocycles. The van der Waals surface area contributed by atoms with E-state index in [2.05, 4.69) is 0 Å². The van der Waals surface area contributed by atoms with Crippen molar-refractivity contribution < 1.29 is 19.8 Å². The molecule has 2 rings (SSSR count). The van der Waals surface area contributed by atoms with Crippen LogP contribution in [-0.4, -0.2) is 40.1 Å². The zero-order valence-electron chi connectivity index (χ0n) is 9.82. The third kappa shape index (κ3) is 2.68. The molecule has 1 aromatic carbocycles. The summed E-state index contributed by atoms with van der Waals surface area (Å²) in [7, 11) is 0. The maximum absolute atomic E-state index is 11.0. The van der Waals surface area contributed by atoms with Crippen molar-refractivity contribution in [1.29, 1.82) is 0 Å². The molecular weight excluding hydrogens is 234 g/mol. The maximum Gasteiger partial charge on any atom is 0.308 e. The lowest BCUT2D eigenvalue weighted by Gasteiger charge is -2.14. The van der Waals surface area contributed by atoms with Gasteiger partial charge in [0.2, 0.25) is 0 Å². The van der Waals surface area contributed by atoms with E-state index < -0.39 is 23.8 Å². The van der Waals surface area contributed by atoms with Crippen molar-refractivity contribution in [3.63, 3.8) is 0 Å². The minimum Gasteiger partial charge on any atom is -0.481 e. The van der Waals surface area contributed by atoms with Crippen LogP contribution in [0.25, 0.3) is 0 Å². The van der Waals surface area contributed by atoms with Gasteiger partial charge in [0.25, 0.3) is 0 Å². The van der Waals surface area contributed by atoms with E-state index in [-0.39, 0.29) is 0 Å². The van der Waals surface area contributed by atoms with Gasteiger partial charge in [-0.1, -0.05) is 30.3 Å². The molecule has 1 fully saturated rings. The van der Waals surface area contributed by atoms with Crippen LogP contribution in [-0.2, 0) is 16.1 Å². The average molecular weight is 249 g/mol. The fraction of sp³-hybridized carbons (Fsp3) is 0.385. The minimum atomic E-state index is -1.03. The van der Waals surface area contributed by atoms with Gasteiger partial charge in [-0.15, -0.1) is 0 Å². The van der Waals surface area contributed by atoms with Gasteiger partial charge in [0, 0.05) is 19.6 Å². The molecule has 1 aliphatic rings. The molecule has 2 atom stereocenters. The Morgan fingerprint density at radius 2 is 1.56 bits per heavy atom. The molecule has 0 saturated carbocycles. The van der Waals surface area contributed by atoms with Crippen molar-refractivity contribution in [2.75, 3.05) is 13.1 Å². The first-order valence-electron chi connectivity index (χ1n) is 5.80. The molecule has 2 N–H and O–H groups in total. The highest BCUT2D eigenvalue weighted by Crippen LogP contribution is 2.25. The van der Waals surface area contributed by atoms with E-state index in [0.717, 1.165) is 5.56 Å². The first-order chi connectivity index (χ1) is 8.58. The Morgan fingerprint density at radius 3 is 2.00 bits per heavy atom. The van der Waals surface area contributed by atoms with Gasteiger partial charge < -0.3 is 10.2 Å². The highest BCUT2D eigenvalue weighted by Gasteiger charge is 2.41. The van der Waals surface area contributed by atoms with Crippen LogP contribution in [0.3, 0.4) is 0 Å². The molecule has 5 nitrogen and oxygen atoms in total. The predicted octanol–water partition coefficient (Wildman–Crippen LogP) is 0.904. The van der Waals surface area contributed by atoms with Crippen molar-refractivity contribution in [1.82, 2.24) is 4.90 Å². The summed E-state index contributed by atoms with van der Waals surface area (Å²) < 4.78 is 0. The number of likely N-dealkylation sites (tertiary alicyclic amines) is 1. The topological polar surface area (TPSA) is 77.8 Å². The van der Waals surface area contributed by atoms with Gasteiger partial charge in [0.05, 0.1) is 11.8 Å². The van der Waals surface area contributed by atoms with Crippen LogP contribution in [0.15, 0.2) is 30.3 Å². The van der Waals surface area contributed by atoms with Crippen molar-refractivity contribution in [3.05, 3.63) is 35.9 Å². The monoisotopic (exact) mass is 249 g/mol. The fourth-order valence-electron chi connectivity index (χ4n) is 2.36. The first-order valence-corrected chi connectivity index (χ1v) is 5.80. The number of carboxylic acids is 2. The third-order valence-electron chi connectivity index (χ3n) is 3.28. The molecule has 0 amide bonds. The first kappa shape index (κ1) is 12.6. The number of aliphatic carboxylic acids is 2. The lowest BCUT2D eigenvalue weighted by atomic mass is 9.97. The summed E-state index contributed by atoms with van der Waals surface area (Å²) in [5.41, 5.74) is 1.06. The number of benzene rings is 1. The minimum absolute atomic E-state index is 0.293. The van der Waals surface area contributed by atoms with Crippen LogP contribution >= 0.6 is 0 Å². The summed E-state index contributed by atoms with van der Waals surface area (Å²) in [5, 5.41) is 18.1. The molecule has 5 heteroatoms. The van der Waals surface area contributed by atoms with Crippen molar-refractivity contribution in [2.45, 2.75) is 6.54 Å². The van der Waals surface area contributed by atoms with Crippen molar-refractivity contribution in [2.24, 2.45) is 11.8 Å². The van der Waals surface area contributed by atoms with Gasteiger partial charge >= 0.3 is 11.9 Å². The Bertz CT molecular complexity index is 424. The molecule has 1 saturated heterocycles. The van der Waals surface area contributed by atoms with E-state index in [1.54, 1.807) is 0 Å². The number of carbonyl (C=O) groups is 2. The summed E-state index contributed by atoms with van der Waals surface area (Å²) in [6.07, 6.45) is 0. The Morgan fingerprint density at radius 1 is 1.06 bits per heavy atom. The van der Waals surface area contributed by atoms with E-state index in [9.17, 15) is 9.59 Å². The highest BCUT2D eigenvalue weighted by molar-refractivity contribution is 5.81. The zero-order valence-corrected chi connectivity index (χ0v) is 9.82. The molecular formula is C13H15NO4. The van der Waals surface area contributed by atoms with Gasteiger partial charge in [0.15, 0.2) is 0 Å². The largest absolute Gasteiger partial charge is 0.481 e. The Balaban J connectivity index is 2.05. The number of rotatable bonds is 4. The second-order valence-corrected chi connectivity index (χ2v) is 4.57. The van der Waals surface area contributed by atoms with Gasteiger partial charge in [-0.2, -0.15) is 0 Å². The second-order valence-electron chi connectivity index (χ2n) is 4.57. The number of nitrogens with zero attached hydrogens (tertiary/aromatic N) is 1. The number of hydrogen-bond donors (Lipinski definition) is 2. The van der Waals surface area contributed by atoms with Crippen LogP contribution in [0, 0.1) is 11.8 Å². The van der Waals surface area contributed by atoms with Gasteiger partial charge in [-0.3, -0.25) is 14.5 Å². The molecule has 0 aliphatic carbocycles. The summed E-state index contributed by atoms with van der Waals surface area (Å²) >= 11 is 0. The Kier molecular flexibility index (Phi) is 3.62. The molecule has 1 heterocycles. The second kappa shape index (κ2) is 5.18. The van der Waals surface area contributed by atoms with Gasteiger partial charge in [-0.05, 0) is 5.56 Å². The summed E-state index contributed by atoms with van der Waals surface area (Å²) in [6.45, 7) is 1.18. The molecule has 0 spiro atoms. The normalized spacial score (nSPS) is 24.0. The number of hydrogen-bond acceptors (Lipinski definition) is 3. The van der Waals surface area contributed by atoms with E-state index in [4.69, 9.17) is 10.2 Å². The average Bonchev–Trinajstić information content (AvgIpc) is 2.74. The standard InChI is InChI=1S/C13H15NO4/c15-12(16)10-7-14(8-11(10)13(17)18)6-9-4-2-1-3-5-9/h1-5,10-11H,6-8H2,(H,15,16)(H,17,18). The van der Waals surface area contributed by atoms with Gasteiger partial charge in [-0.25, -0.2) is 0 Å². The Labute approximate surface area is 105 Å². The third-order valence-corrected chi connectivity index (χ3v) is 3.28. The quantitative estimate of drug-likeness (QED) is 0.829. The lowest BCUT2D eigenvalue weighted by molar-refractivity contribution is -0.151. The predicted molar refractivity (Wildman–Crippen MR) is 64.0 cm³/mol. The van der Waals surface area contributed by atoms with Gasteiger partial charge in [0.1, 0.15) is 0 Å². The molecule has 0 aromatic heterocycles. The van der Waals surface area contributed by atoms with Crippen LogP contribution in [0.1, 0.15) is 5.56 Å². The highest BCUT2D eigenvalue weighted by atomic mass is 16.4. The van der Waals surface area contributed by atoms with Crippen molar-refractivity contribution in [3.8, 4) is 0 Å². The molecule has 18 heavy (non-hydrogen) atoms.